The third-order valence-corrected chi connectivity index (χ3v) is 5.87. The first-order chi connectivity index (χ1) is 10.1. The molecular weight excluding hydrogens is 258 g/mol. The number of hydrogen-bond acceptors (Lipinski definition) is 2. The van der Waals surface area contributed by atoms with Crippen LogP contribution in [0.1, 0.15) is 63.1 Å². The summed E-state index contributed by atoms with van der Waals surface area (Å²) < 4.78 is 0. The zero-order valence-electron chi connectivity index (χ0n) is 13.5. The molecule has 2 nitrogen and oxygen atoms in total. The van der Waals surface area contributed by atoms with Crippen molar-refractivity contribution in [2.75, 3.05) is 13.2 Å². The minimum atomic E-state index is 0.127. The van der Waals surface area contributed by atoms with Crippen LogP contribution in [0.3, 0.4) is 0 Å². The van der Waals surface area contributed by atoms with Crippen LogP contribution in [0.5, 0.6) is 0 Å². The summed E-state index contributed by atoms with van der Waals surface area (Å²) in [6, 6.07) is 9.28. The Balaban J connectivity index is 1.79. The van der Waals surface area contributed by atoms with Gasteiger partial charge in [-0.25, -0.2) is 0 Å². The SMILES string of the molecule is CC1(C)CCc2ccccc2C1NCC1(CO)CCCC1. The number of aliphatic hydroxyl groups excluding tert-OH is 1. The average molecular weight is 287 g/mol. The Kier molecular flexibility index (Phi) is 4.11. The second-order valence-corrected chi connectivity index (χ2v) is 7.87. The molecule has 1 aromatic rings. The Morgan fingerprint density at radius 3 is 2.57 bits per heavy atom. The zero-order valence-corrected chi connectivity index (χ0v) is 13.5. The van der Waals surface area contributed by atoms with E-state index >= 15 is 0 Å². The van der Waals surface area contributed by atoms with Gasteiger partial charge < -0.3 is 10.4 Å². The Labute approximate surface area is 129 Å². The molecule has 1 aromatic carbocycles. The van der Waals surface area contributed by atoms with Crippen LogP contribution < -0.4 is 5.32 Å². The molecule has 1 unspecified atom stereocenters. The standard InChI is InChI=1S/C19H29NO/c1-18(2)12-9-15-7-3-4-8-16(15)17(18)20-13-19(14-21)10-5-6-11-19/h3-4,7-8,17,20-21H,5-6,9-14H2,1-2H3. The molecule has 2 aliphatic carbocycles. The second kappa shape index (κ2) is 5.73. The highest BCUT2D eigenvalue weighted by atomic mass is 16.3. The van der Waals surface area contributed by atoms with Crippen LogP contribution in [-0.2, 0) is 6.42 Å². The van der Waals surface area contributed by atoms with Gasteiger partial charge in [0, 0.05) is 24.6 Å². The summed E-state index contributed by atoms with van der Waals surface area (Å²) in [4.78, 5) is 0. The zero-order chi connectivity index (χ0) is 14.9. The molecule has 1 fully saturated rings. The quantitative estimate of drug-likeness (QED) is 0.882. The summed E-state index contributed by atoms with van der Waals surface area (Å²) in [6.45, 7) is 6.03. The molecule has 0 heterocycles. The van der Waals surface area contributed by atoms with Crippen molar-refractivity contribution in [1.29, 1.82) is 0 Å². The van der Waals surface area contributed by atoms with Gasteiger partial charge in [0.25, 0.3) is 0 Å². The lowest BCUT2D eigenvalue weighted by atomic mass is 9.70. The van der Waals surface area contributed by atoms with Crippen LogP contribution in [0.15, 0.2) is 24.3 Å². The van der Waals surface area contributed by atoms with Crippen molar-refractivity contribution in [3.05, 3.63) is 35.4 Å². The Bertz CT molecular complexity index is 488. The predicted octanol–water partition coefficient (Wildman–Crippen LogP) is 3.84. The van der Waals surface area contributed by atoms with Crippen molar-refractivity contribution in [2.45, 2.75) is 58.4 Å². The number of aliphatic hydroxyl groups is 1. The largest absolute Gasteiger partial charge is 0.396 e. The number of hydrogen-bond donors (Lipinski definition) is 2. The first kappa shape index (κ1) is 15.1. The molecule has 0 radical (unpaired) electrons. The number of rotatable bonds is 4. The Hall–Kier alpha value is -0.860. The third kappa shape index (κ3) is 2.89. The topological polar surface area (TPSA) is 32.3 Å². The van der Waals surface area contributed by atoms with Crippen molar-refractivity contribution in [3.63, 3.8) is 0 Å². The highest BCUT2D eigenvalue weighted by molar-refractivity contribution is 5.34. The van der Waals surface area contributed by atoms with Gasteiger partial charge in [0.1, 0.15) is 0 Å². The number of nitrogens with one attached hydrogen (secondary N) is 1. The molecule has 0 aromatic heterocycles. The maximum absolute atomic E-state index is 9.83. The lowest BCUT2D eigenvalue weighted by Crippen LogP contribution is -2.43. The van der Waals surface area contributed by atoms with E-state index in [0.29, 0.717) is 12.6 Å². The Morgan fingerprint density at radius 2 is 1.86 bits per heavy atom. The Morgan fingerprint density at radius 1 is 1.14 bits per heavy atom. The van der Waals surface area contributed by atoms with Gasteiger partial charge in [-0.15, -0.1) is 0 Å². The summed E-state index contributed by atoms with van der Waals surface area (Å²) in [7, 11) is 0. The van der Waals surface area contributed by atoms with E-state index in [1.54, 1.807) is 0 Å². The van der Waals surface area contributed by atoms with Crippen LogP contribution in [-0.4, -0.2) is 18.3 Å². The van der Waals surface area contributed by atoms with E-state index in [1.807, 2.05) is 0 Å². The van der Waals surface area contributed by atoms with Crippen molar-refractivity contribution in [3.8, 4) is 0 Å². The summed E-state index contributed by atoms with van der Waals surface area (Å²) in [6.07, 6.45) is 7.30. The monoisotopic (exact) mass is 287 g/mol. The van der Waals surface area contributed by atoms with Gasteiger partial charge in [0.2, 0.25) is 0 Å². The van der Waals surface area contributed by atoms with Gasteiger partial charge in [-0.3, -0.25) is 0 Å². The summed E-state index contributed by atoms with van der Waals surface area (Å²) >= 11 is 0. The summed E-state index contributed by atoms with van der Waals surface area (Å²) in [5.41, 5.74) is 3.38. The molecule has 2 aliphatic rings. The molecule has 0 aliphatic heterocycles. The van der Waals surface area contributed by atoms with Gasteiger partial charge in [-0.05, 0) is 42.2 Å². The van der Waals surface area contributed by atoms with E-state index < -0.39 is 0 Å². The first-order valence-electron chi connectivity index (χ1n) is 8.48. The van der Waals surface area contributed by atoms with Crippen molar-refractivity contribution in [2.24, 2.45) is 10.8 Å². The molecule has 0 saturated heterocycles. The van der Waals surface area contributed by atoms with E-state index in [9.17, 15) is 5.11 Å². The number of benzene rings is 1. The molecule has 0 amide bonds. The van der Waals surface area contributed by atoms with Crippen molar-refractivity contribution < 1.29 is 5.11 Å². The maximum Gasteiger partial charge on any atom is 0.0499 e. The fraction of sp³-hybridized carbons (Fsp3) is 0.684. The smallest absolute Gasteiger partial charge is 0.0499 e. The normalized spacial score (nSPS) is 26.5. The highest BCUT2D eigenvalue weighted by Gasteiger charge is 2.39. The third-order valence-electron chi connectivity index (χ3n) is 5.87. The second-order valence-electron chi connectivity index (χ2n) is 7.87. The molecule has 3 rings (SSSR count). The number of aryl methyl sites for hydroxylation is 1. The number of fused-ring (bicyclic) bond motifs is 1. The minimum Gasteiger partial charge on any atom is -0.396 e. The van der Waals surface area contributed by atoms with Crippen LogP contribution in [0.2, 0.25) is 0 Å². The molecule has 21 heavy (non-hydrogen) atoms. The van der Waals surface area contributed by atoms with Crippen LogP contribution in [0, 0.1) is 10.8 Å². The maximum atomic E-state index is 9.83. The van der Waals surface area contributed by atoms with Crippen molar-refractivity contribution >= 4 is 0 Å². The van der Waals surface area contributed by atoms with Gasteiger partial charge in [0.15, 0.2) is 0 Å². The summed E-state index contributed by atoms with van der Waals surface area (Å²) in [5.74, 6) is 0. The summed E-state index contributed by atoms with van der Waals surface area (Å²) in [5, 5.41) is 13.7. The van der Waals surface area contributed by atoms with E-state index in [2.05, 4.69) is 43.4 Å². The molecule has 2 heteroatoms. The molecule has 116 valence electrons. The molecule has 1 saturated carbocycles. The van der Waals surface area contributed by atoms with Gasteiger partial charge in [-0.2, -0.15) is 0 Å². The fourth-order valence-electron chi connectivity index (χ4n) is 4.29. The highest BCUT2D eigenvalue weighted by Crippen LogP contribution is 2.44. The van der Waals surface area contributed by atoms with Gasteiger partial charge in [0.05, 0.1) is 0 Å². The minimum absolute atomic E-state index is 0.127. The predicted molar refractivity (Wildman–Crippen MR) is 87.3 cm³/mol. The van der Waals surface area contributed by atoms with E-state index in [-0.39, 0.29) is 10.8 Å². The molecule has 0 bridgehead atoms. The lowest BCUT2D eigenvalue weighted by Gasteiger charge is -2.42. The lowest BCUT2D eigenvalue weighted by molar-refractivity contribution is 0.109. The van der Waals surface area contributed by atoms with Crippen molar-refractivity contribution in [1.82, 2.24) is 5.32 Å². The molecule has 0 spiro atoms. The molecule has 1 atom stereocenters. The van der Waals surface area contributed by atoms with E-state index in [0.717, 1.165) is 6.54 Å². The van der Waals surface area contributed by atoms with Crippen LogP contribution >= 0.6 is 0 Å². The molecular formula is C19H29NO. The fourth-order valence-corrected chi connectivity index (χ4v) is 4.29. The van der Waals surface area contributed by atoms with Gasteiger partial charge in [-0.1, -0.05) is 51.0 Å². The average Bonchev–Trinajstić information content (AvgIpc) is 2.95. The van der Waals surface area contributed by atoms with Crippen LogP contribution in [0.4, 0.5) is 0 Å². The molecule has 2 N–H and O–H groups in total. The first-order valence-corrected chi connectivity index (χ1v) is 8.48. The van der Waals surface area contributed by atoms with E-state index in [4.69, 9.17) is 0 Å². The van der Waals surface area contributed by atoms with Gasteiger partial charge >= 0.3 is 0 Å². The van der Waals surface area contributed by atoms with E-state index in [1.165, 1.54) is 49.7 Å². The van der Waals surface area contributed by atoms with Crippen LogP contribution in [0.25, 0.3) is 0 Å².